The SMILES string of the molecule is COC(=O)c1ccccc1NC(=O)C(C(C)=O)c1ccccc1. The average Bonchev–Trinajstić information content (AvgIpc) is 2.55. The number of hydrogen-bond donors (Lipinski definition) is 1. The first-order chi connectivity index (χ1) is 11.0. The van der Waals surface area contributed by atoms with Crippen molar-refractivity contribution < 1.29 is 19.1 Å². The van der Waals surface area contributed by atoms with Crippen molar-refractivity contribution >= 4 is 23.3 Å². The maximum atomic E-state index is 12.5. The van der Waals surface area contributed by atoms with Gasteiger partial charge in [-0.2, -0.15) is 0 Å². The normalized spacial score (nSPS) is 11.4. The van der Waals surface area contributed by atoms with Crippen LogP contribution in [0.1, 0.15) is 28.8 Å². The summed E-state index contributed by atoms with van der Waals surface area (Å²) in [5.41, 5.74) is 1.15. The van der Waals surface area contributed by atoms with Gasteiger partial charge in [-0.15, -0.1) is 0 Å². The first kappa shape index (κ1) is 16.4. The van der Waals surface area contributed by atoms with Gasteiger partial charge in [-0.25, -0.2) is 4.79 Å². The number of hydrogen-bond acceptors (Lipinski definition) is 4. The highest BCUT2D eigenvalue weighted by Gasteiger charge is 2.26. The van der Waals surface area contributed by atoms with E-state index >= 15 is 0 Å². The molecule has 5 nitrogen and oxygen atoms in total. The lowest BCUT2D eigenvalue weighted by atomic mass is 9.94. The number of anilines is 1. The molecular weight excluding hydrogens is 294 g/mol. The number of benzene rings is 2. The Bertz CT molecular complexity index is 725. The largest absolute Gasteiger partial charge is 0.465 e. The molecule has 1 N–H and O–H groups in total. The van der Waals surface area contributed by atoms with E-state index in [2.05, 4.69) is 5.32 Å². The second-order valence-corrected chi connectivity index (χ2v) is 4.98. The highest BCUT2D eigenvalue weighted by atomic mass is 16.5. The summed E-state index contributed by atoms with van der Waals surface area (Å²) in [5, 5.41) is 2.65. The molecule has 0 heterocycles. The molecule has 2 aromatic carbocycles. The van der Waals surface area contributed by atoms with Crippen LogP contribution in [-0.2, 0) is 14.3 Å². The van der Waals surface area contributed by atoms with Crippen LogP contribution >= 0.6 is 0 Å². The molecule has 1 atom stereocenters. The number of Topliss-reactive ketones (excluding diaryl/α,β-unsaturated/α-hetero) is 1. The fourth-order valence-electron chi connectivity index (χ4n) is 2.30. The van der Waals surface area contributed by atoms with Gasteiger partial charge in [-0.1, -0.05) is 42.5 Å². The molecule has 2 aromatic rings. The molecule has 0 saturated heterocycles. The molecule has 23 heavy (non-hydrogen) atoms. The molecule has 0 aliphatic heterocycles. The van der Waals surface area contributed by atoms with Crippen LogP contribution in [0.25, 0.3) is 0 Å². The lowest BCUT2D eigenvalue weighted by Crippen LogP contribution is -2.27. The minimum Gasteiger partial charge on any atom is -0.465 e. The zero-order valence-electron chi connectivity index (χ0n) is 12.9. The second-order valence-electron chi connectivity index (χ2n) is 4.98. The van der Waals surface area contributed by atoms with E-state index in [-0.39, 0.29) is 11.3 Å². The van der Waals surface area contributed by atoms with E-state index in [0.29, 0.717) is 11.3 Å². The third kappa shape index (κ3) is 3.83. The summed E-state index contributed by atoms with van der Waals surface area (Å²) in [4.78, 5) is 36.2. The summed E-state index contributed by atoms with van der Waals surface area (Å²) >= 11 is 0. The fraction of sp³-hybridized carbons (Fsp3) is 0.167. The first-order valence-electron chi connectivity index (χ1n) is 7.08. The van der Waals surface area contributed by atoms with Crippen LogP contribution in [0.5, 0.6) is 0 Å². The van der Waals surface area contributed by atoms with Crippen molar-refractivity contribution in [2.24, 2.45) is 0 Å². The molecule has 0 saturated carbocycles. The third-order valence-corrected chi connectivity index (χ3v) is 3.39. The summed E-state index contributed by atoms with van der Waals surface area (Å²) in [6, 6.07) is 15.3. The van der Waals surface area contributed by atoms with Crippen molar-refractivity contribution in [3.05, 3.63) is 65.7 Å². The number of para-hydroxylation sites is 1. The Morgan fingerprint density at radius 2 is 1.57 bits per heavy atom. The van der Waals surface area contributed by atoms with Crippen LogP contribution in [0.4, 0.5) is 5.69 Å². The smallest absolute Gasteiger partial charge is 0.339 e. The van der Waals surface area contributed by atoms with Gasteiger partial charge in [0.2, 0.25) is 5.91 Å². The van der Waals surface area contributed by atoms with Crippen molar-refractivity contribution in [1.29, 1.82) is 0 Å². The molecule has 0 fully saturated rings. The molecule has 0 aromatic heterocycles. The maximum absolute atomic E-state index is 12.5. The Balaban J connectivity index is 2.30. The summed E-state index contributed by atoms with van der Waals surface area (Å²) in [5.74, 6) is -2.24. The van der Waals surface area contributed by atoms with Gasteiger partial charge in [-0.05, 0) is 24.6 Å². The maximum Gasteiger partial charge on any atom is 0.339 e. The van der Waals surface area contributed by atoms with Crippen LogP contribution in [0.15, 0.2) is 54.6 Å². The monoisotopic (exact) mass is 311 g/mol. The van der Waals surface area contributed by atoms with Crippen molar-refractivity contribution in [3.63, 3.8) is 0 Å². The summed E-state index contributed by atoms with van der Waals surface area (Å²) in [6.45, 7) is 1.36. The van der Waals surface area contributed by atoms with Gasteiger partial charge in [0.15, 0.2) is 0 Å². The third-order valence-electron chi connectivity index (χ3n) is 3.39. The molecule has 0 spiro atoms. The number of nitrogens with one attached hydrogen (secondary N) is 1. The van der Waals surface area contributed by atoms with Crippen LogP contribution in [0.2, 0.25) is 0 Å². The number of ether oxygens (including phenoxy) is 1. The Hall–Kier alpha value is -2.95. The van der Waals surface area contributed by atoms with E-state index < -0.39 is 17.8 Å². The van der Waals surface area contributed by atoms with E-state index in [9.17, 15) is 14.4 Å². The number of amides is 1. The molecule has 0 aliphatic rings. The zero-order chi connectivity index (χ0) is 16.8. The minimum absolute atomic E-state index is 0.235. The molecule has 1 amide bonds. The number of esters is 1. The van der Waals surface area contributed by atoms with Gasteiger partial charge in [0, 0.05) is 0 Å². The summed E-state index contributed by atoms with van der Waals surface area (Å²) < 4.78 is 4.69. The van der Waals surface area contributed by atoms with E-state index in [0.717, 1.165) is 0 Å². The van der Waals surface area contributed by atoms with Crippen LogP contribution in [0, 0.1) is 0 Å². The topological polar surface area (TPSA) is 72.5 Å². The summed E-state index contributed by atoms with van der Waals surface area (Å²) in [7, 11) is 1.27. The van der Waals surface area contributed by atoms with E-state index in [1.807, 2.05) is 6.07 Å². The average molecular weight is 311 g/mol. The molecule has 1 unspecified atom stereocenters. The van der Waals surface area contributed by atoms with Gasteiger partial charge in [0.1, 0.15) is 11.7 Å². The number of ketones is 1. The highest BCUT2D eigenvalue weighted by molar-refractivity contribution is 6.12. The Labute approximate surface area is 134 Å². The van der Waals surface area contributed by atoms with Crippen molar-refractivity contribution in [2.75, 3.05) is 12.4 Å². The minimum atomic E-state index is -0.929. The lowest BCUT2D eigenvalue weighted by molar-refractivity contribution is -0.126. The van der Waals surface area contributed by atoms with Crippen LogP contribution < -0.4 is 5.32 Å². The molecule has 2 rings (SSSR count). The number of carbonyl (C=O) groups excluding carboxylic acids is 3. The molecule has 5 heteroatoms. The Kier molecular flexibility index (Phi) is 5.25. The molecular formula is C18H17NO4. The summed E-state index contributed by atoms with van der Waals surface area (Å²) in [6.07, 6.45) is 0. The predicted octanol–water partition coefficient (Wildman–Crippen LogP) is 2.78. The van der Waals surface area contributed by atoms with E-state index in [1.165, 1.54) is 14.0 Å². The van der Waals surface area contributed by atoms with E-state index in [1.54, 1.807) is 48.5 Å². The zero-order valence-corrected chi connectivity index (χ0v) is 12.9. The van der Waals surface area contributed by atoms with E-state index in [4.69, 9.17) is 4.74 Å². The number of methoxy groups -OCH3 is 1. The van der Waals surface area contributed by atoms with Gasteiger partial charge < -0.3 is 10.1 Å². The van der Waals surface area contributed by atoms with Gasteiger partial charge in [0.05, 0.1) is 18.4 Å². The lowest BCUT2D eigenvalue weighted by Gasteiger charge is -2.16. The molecule has 118 valence electrons. The van der Waals surface area contributed by atoms with Crippen LogP contribution in [0.3, 0.4) is 0 Å². The Morgan fingerprint density at radius 3 is 2.17 bits per heavy atom. The fourth-order valence-corrected chi connectivity index (χ4v) is 2.30. The molecule has 0 bridgehead atoms. The quantitative estimate of drug-likeness (QED) is 0.681. The van der Waals surface area contributed by atoms with Crippen LogP contribution in [-0.4, -0.2) is 24.8 Å². The highest BCUT2D eigenvalue weighted by Crippen LogP contribution is 2.22. The van der Waals surface area contributed by atoms with Crippen molar-refractivity contribution in [3.8, 4) is 0 Å². The van der Waals surface area contributed by atoms with Crippen molar-refractivity contribution in [1.82, 2.24) is 0 Å². The standard InChI is InChI=1S/C18H17NO4/c1-12(20)16(13-8-4-3-5-9-13)17(21)19-15-11-7-6-10-14(15)18(22)23-2/h3-11,16H,1-2H3,(H,19,21). The molecule has 0 radical (unpaired) electrons. The van der Waals surface area contributed by atoms with Gasteiger partial charge in [0.25, 0.3) is 0 Å². The second kappa shape index (κ2) is 7.35. The predicted molar refractivity (Wildman–Crippen MR) is 86.3 cm³/mol. The molecule has 0 aliphatic carbocycles. The van der Waals surface area contributed by atoms with Gasteiger partial charge >= 0.3 is 5.97 Å². The van der Waals surface area contributed by atoms with Crippen molar-refractivity contribution in [2.45, 2.75) is 12.8 Å². The number of carbonyl (C=O) groups is 3. The Morgan fingerprint density at radius 1 is 0.957 bits per heavy atom. The first-order valence-corrected chi connectivity index (χ1v) is 7.08. The van der Waals surface area contributed by atoms with Gasteiger partial charge in [-0.3, -0.25) is 9.59 Å². The number of rotatable bonds is 5.